The number of hydrogen-bond acceptors (Lipinski definition) is 3. The van der Waals surface area contributed by atoms with Crippen LogP contribution in [0.3, 0.4) is 0 Å². The quantitative estimate of drug-likeness (QED) is 0.507. The van der Waals surface area contributed by atoms with E-state index in [1.807, 2.05) is 30.3 Å². The topological polar surface area (TPSA) is 62.8 Å². The highest BCUT2D eigenvalue weighted by atomic mass is 16.1. The van der Waals surface area contributed by atoms with Gasteiger partial charge >= 0.3 is 0 Å². The number of nitrogens with zero attached hydrogens (tertiary/aromatic N) is 1. The maximum atomic E-state index is 13.0. The van der Waals surface area contributed by atoms with E-state index >= 15 is 0 Å². The second-order valence-electron chi connectivity index (χ2n) is 6.04. The number of ketones is 2. The number of benzene rings is 3. The molecule has 0 spiro atoms. The van der Waals surface area contributed by atoms with Crippen molar-refractivity contribution in [3.8, 4) is 11.4 Å². The van der Waals surface area contributed by atoms with Gasteiger partial charge in [-0.15, -0.1) is 0 Å². The van der Waals surface area contributed by atoms with Crippen LogP contribution in [0.4, 0.5) is 0 Å². The first-order valence-corrected chi connectivity index (χ1v) is 8.00. The van der Waals surface area contributed by atoms with Crippen LogP contribution in [0.2, 0.25) is 0 Å². The fourth-order valence-corrected chi connectivity index (χ4v) is 3.39. The molecule has 4 heteroatoms. The third-order valence-corrected chi connectivity index (χ3v) is 4.59. The molecule has 0 saturated carbocycles. The highest BCUT2D eigenvalue weighted by molar-refractivity contribution is 6.31. The minimum absolute atomic E-state index is 0.122. The Labute approximate surface area is 143 Å². The maximum Gasteiger partial charge on any atom is 0.196 e. The van der Waals surface area contributed by atoms with Crippen molar-refractivity contribution in [3.05, 3.63) is 89.0 Å². The third kappa shape index (κ3) is 1.91. The zero-order valence-corrected chi connectivity index (χ0v) is 13.1. The summed E-state index contributed by atoms with van der Waals surface area (Å²) in [4.78, 5) is 33.6. The van der Waals surface area contributed by atoms with Crippen LogP contribution in [0.15, 0.2) is 66.7 Å². The average molecular weight is 324 g/mol. The summed E-state index contributed by atoms with van der Waals surface area (Å²) in [7, 11) is 0. The van der Waals surface area contributed by atoms with Gasteiger partial charge in [0.15, 0.2) is 11.6 Å². The zero-order valence-electron chi connectivity index (χ0n) is 13.1. The van der Waals surface area contributed by atoms with E-state index in [9.17, 15) is 9.59 Å². The Morgan fingerprint density at radius 1 is 0.680 bits per heavy atom. The van der Waals surface area contributed by atoms with Crippen molar-refractivity contribution in [2.24, 2.45) is 0 Å². The molecule has 25 heavy (non-hydrogen) atoms. The number of nitrogens with one attached hydrogen (secondary N) is 1. The molecule has 4 aromatic rings. The second kappa shape index (κ2) is 4.98. The normalized spacial score (nSPS) is 13.0. The van der Waals surface area contributed by atoms with Gasteiger partial charge in [-0.05, 0) is 12.1 Å². The molecule has 0 bridgehead atoms. The highest BCUT2D eigenvalue weighted by Crippen LogP contribution is 2.32. The van der Waals surface area contributed by atoms with Crippen LogP contribution in [-0.4, -0.2) is 21.5 Å². The van der Waals surface area contributed by atoms with Crippen LogP contribution in [0, 0.1) is 0 Å². The first-order valence-electron chi connectivity index (χ1n) is 8.00. The predicted molar refractivity (Wildman–Crippen MR) is 94.8 cm³/mol. The summed E-state index contributed by atoms with van der Waals surface area (Å²) >= 11 is 0. The Morgan fingerprint density at radius 3 is 2.12 bits per heavy atom. The van der Waals surface area contributed by atoms with Crippen LogP contribution < -0.4 is 0 Å². The minimum atomic E-state index is -0.140. The van der Waals surface area contributed by atoms with E-state index in [-0.39, 0.29) is 11.6 Å². The molecule has 1 heterocycles. The van der Waals surface area contributed by atoms with Gasteiger partial charge in [0.2, 0.25) is 0 Å². The van der Waals surface area contributed by atoms with E-state index in [1.54, 1.807) is 36.4 Å². The van der Waals surface area contributed by atoms with E-state index in [1.165, 1.54) is 0 Å². The van der Waals surface area contributed by atoms with Crippen LogP contribution in [0.5, 0.6) is 0 Å². The molecule has 1 aliphatic rings. The van der Waals surface area contributed by atoms with Crippen molar-refractivity contribution in [2.75, 3.05) is 0 Å². The lowest BCUT2D eigenvalue weighted by atomic mass is 9.83. The van der Waals surface area contributed by atoms with Crippen molar-refractivity contribution in [3.63, 3.8) is 0 Å². The lowest BCUT2D eigenvalue weighted by molar-refractivity contribution is 0.0980. The number of imidazole rings is 1. The Hall–Kier alpha value is -3.53. The molecule has 0 amide bonds. The van der Waals surface area contributed by atoms with E-state index in [0.29, 0.717) is 39.1 Å². The molecule has 0 atom stereocenters. The Balaban J connectivity index is 1.79. The van der Waals surface area contributed by atoms with Crippen LogP contribution >= 0.6 is 0 Å². The first-order chi connectivity index (χ1) is 12.2. The van der Waals surface area contributed by atoms with Crippen molar-refractivity contribution >= 4 is 22.6 Å². The number of rotatable bonds is 1. The number of H-pyrrole nitrogens is 1. The van der Waals surface area contributed by atoms with Crippen LogP contribution in [-0.2, 0) is 0 Å². The van der Waals surface area contributed by atoms with E-state index in [4.69, 9.17) is 0 Å². The summed E-state index contributed by atoms with van der Waals surface area (Å²) in [5.41, 5.74) is 3.98. The lowest BCUT2D eigenvalue weighted by Crippen LogP contribution is -2.21. The first kappa shape index (κ1) is 13.9. The number of fused-ring (bicyclic) bond motifs is 4. The molecule has 0 aliphatic heterocycles. The van der Waals surface area contributed by atoms with Gasteiger partial charge in [-0.2, -0.15) is 0 Å². The summed E-state index contributed by atoms with van der Waals surface area (Å²) in [6, 6.07) is 20.1. The lowest BCUT2D eigenvalue weighted by Gasteiger charge is -2.17. The minimum Gasteiger partial charge on any atom is -0.337 e. The molecule has 118 valence electrons. The average Bonchev–Trinajstić information content (AvgIpc) is 3.10. The van der Waals surface area contributed by atoms with E-state index in [2.05, 4.69) is 9.97 Å². The Morgan fingerprint density at radius 2 is 1.36 bits per heavy atom. The standard InChI is InChI=1S/C21H12N2O2/c24-19-13-8-4-5-9-14(13)20(25)17-15(19)10-11-16-18(17)23-21(22-16)12-6-2-1-3-7-12/h1-11H,(H,22,23). The van der Waals surface area contributed by atoms with Crippen molar-refractivity contribution in [2.45, 2.75) is 0 Å². The Kier molecular flexibility index (Phi) is 2.76. The van der Waals surface area contributed by atoms with Crippen molar-refractivity contribution in [1.29, 1.82) is 0 Å². The van der Waals surface area contributed by atoms with Gasteiger partial charge in [0.05, 0.1) is 16.6 Å². The molecule has 1 aliphatic carbocycles. The van der Waals surface area contributed by atoms with Crippen molar-refractivity contribution < 1.29 is 9.59 Å². The summed E-state index contributed by atoms with van der Waals surface area (Å²) in [5.74, 6) is 0.421. The van der Waals surface area contributed by atoms with Gasteiger partial charge in [-0.3, -0.25) is 9.59 Å². The number of aromatic nitrogens is 2. The van der Waals surface area contributed by atoms with Crippen LogP contribution in [0.25, 0.3) is 22.4 Å². The van der Waals surface area contributed by atoms with E-state index < -0.39 is 0 Å². The molecule has 0 fully saturated rings. The van der Waals surface area contributed by atoms with Gasteiger partial charge in [-0.25, -0.2) is 4.98 Å². The van der Waals surface area contributed by atoms with Gasteiger partial charge in [0, 0.05) is 22.3 Å². The molecule has 0 radical (unpaired) electrons. The van der Waals surface area contributed by atoms with E-state index in [0.717, 1.165) is 5.56 Å². The summed E-state index contributed by atoms with van der Waals surface area (Å²) in [6.07, 6.45) is 0. The van der Waals surface area contributed by atoms with Gasteiger partial charge in [0.25, 0.3) is 0 Å². The number of aromatic amines is 1. The molecular formula is C21H12N2O2. The molecule has 1 aromatic heterocycles. The predicted octanol–water partition coefficient (Wildman–Crippen LogP) is 4.01. The van der Waals surface area contributed by atoms with Gasteiger partial charge < -0.3 is 4.98 Å². The largest absolute Gasteiger partial charge is 0.337 e. The highest BCUT2D eigenvalue weighted by Gasteiger charge is 2.31. The number of carbonyl (C=O) groups is 2. The Bertz CT molecular complexity index is 1170. The molecule has 3 aromatic carbocycles. The van der Waals surface area contributed by atoms with Gasteiger partial charge in [-0.1, -0.05) is 54.6 Å². The molecule has 1 N–H and O–H groups in total. The van der Waals surface area contributed by atoms with Gasteiger partial charge in [0.1, 0.15) is 5.82 Å². The monoisotopic (exact) mass is 324 g/mol. The molecule has 4 nitrogen and oxygen atoms in total. The zero-order chi connectivity index (χ0) is 17.0. The smallest absolute Gasteiger partial charge is 0.196 e. The summed E-state index contributed by atoms with van der Waals surface area (Å²) in [6.45, 7) is 0. The molecule has 0 saturated heterocycles. The van der Waals surface area contributed by atoms with Crippen molar-refractivity contribution in [1.82, 2.24) is 9.97 Å². The summed E-state index contributed by atoms with van der Waals surface area (Å²) < 4.78 is 0. The molecular weight excluding hydrogens is 312 g/mol. The van der Waals surface area contributed by atoms with Crippen LogP contribution in [0.1, 0.15) is 31.8 Å². The SMILES string of the molecule is O=C1c2ccccc2C(=O)c2c1ccc1nc(-c3ccccc3)[nH]c21. The molecule has 5 rings (SSSR count). The maximum absolute atomic E-state index is 13.0. The second-order valence-corrected chi connectivity index (χ2v) is 6.04. The number of carbonyl (C=O) groups excluding carboxylic acids is 2. The summed E-state index contributed by atoms with van der Waals surface area (Å²) in [5, 5.41) is 0. The third-order valence-electron chi connectivity index (χ3n) is 4.59. The number of hydrogen-bond donors (Lipinski definition) is 1. The fraction of sp³-hybridized carbons (Fsp3) is 0. The molecule has 0 unspecified atom stereocenters. The fourth-order valence-electron chi connectivity index (χ4n) is 3.39.